The van der Waals surface area contributed by atoms with E-state index in [0.29, 0.717) is 37.4 Å². The number of esters is 1. The predicted molar refractivity (Wildman–Crippen MR) is 105 cm³/mol. The summed E-state index contributed by atoms with van der Waals surface area (Å²) in [5.74, 6) is 0.772. The molecule has 1 N–H and O–H groups in total. The number of hydrogen-bond acceptors (Lipinski definition) is 6. The van der Waals surface area contributed by atoms with Gasteiger partial charge >= 0.3 is 5.97 Å². The van der Waals surface area contributed by atoms with E-state index in [1.54, 1.807) is 30.3 Å². The fourth-order valence-electron chi connectivity index (χ4n) is 2.41. The number of nitrogens with one attached hydrogen (secondary N) is 1. The summed E-state index contributed by atoms with van der Waals surface area (Å²) in [5.41, 5.74) is 1.05. The quantitative estimate of drug-likeness (QED) is 0.460. The second-order valence-electron chi connectivity index (χ2n) is 5.29. The van der Waals surface area contributed by atoms with Crippen molar-refractivity contribution in [2.24, 2.45) is 0 Å². The highest BCUT2D eigenvalue weighted by Crippen LogP contribution is 2.36. The predicted octanol–water partition coefficient (Wildman–Crippen LogP) is 2.76. The highest BCUT2D eigenvalue weighted by molar-refractivity contribution is 14.1. The van der Waals surface area contributed by atoms with Crippen molar-refractivity contribution in [2.45, 2.75) is 0 Å². The van der Waals surface area contributed by atoms with Crippen molar-refractivity contribution >= 4 is 39.5 Å². The van der Waals surface area contributed by atoms with E-state index < -0.39 is 5.97 Å². The molecule has 0 fully saturated rings. The fraction of sp³-hybridized carbons (Fsp3) is 0.167. The molecule has 1 heterocycles. The van der Waals surface area contributed by atoms with Crippen LogP contribution in [0.4, 0.5) is 0 Å². The summed E-state index contributed by atoms with van der Waals surface area (Å²) in [7, 11) is 2.79. The van der Waals surface area contributed by atoms with Crippen molar-refractivity contribution in [3.63, 3.8) is 0 Å². The molecule has 0 amide bonds. The number of carbonyl (C=O) groups excluding carboxylic acids is 1. The normalized spacial score (nSPS) is 10.6. The van der Waals surface area contributed by atoms with Crippen LogP contribution in [0.1, 0.15) is 0 Å². The maximum Gasteiger partial charge on any atom is 0.343 e. The van der Waals surface area contributed by atoms with Crippen molar-refractivity contribution in [1.29, 1.82) is 0 Å². The van der Waals surface area contributed by atoms with Gasteiger partial charge in [-0.15, -0.1) is 0 Å². The minimum absolute atomic E-state index is 0.217. The number of ether oxygens (including phenoxy) is 3. The fourth-order valence-corrected chi connectivity index (χ4v) is 3.17. The van der Waals surface area contributed by atoms with Gasteiger partial charge < -0.3 is 19.2 Å². The van der Waals surface area contributed by atoms with E-state index in [0.717, 1.165) is 0 Å². The summed E-state index contributed by atoms with van der Waals surface area (Å²) in [6.45, 7) is -0.229. The Kier molecular flexibility index (Phi) is 5.40. The lowest BCUT2D eigenvalue weighted by atomic mass is 10.1. The van der Waals surface area contributed by atoms with Gasteiger partial charge in [-0.2, -0.15) is 0 Å². The summed E-state index contributed by atoms with van der Waals surface area (Å²) in [6, 6.07) is 10.6. The van der Waals surface area contributed by atoms with Gasteiger partial charge in [0.1, 0.15) is 5.82 Å². The van der Waals surface area contributed by atoms with Gasteiger partial charge in [-0.25, -0.2) is 9.78 Å². The maximum atomic E-state index is 12.3. The summed E-state index contributed by atoms with van der Waals surface area (Å²) in [4.78, 5) is 30.9. The average molecular weight is 466 g/mol. The van der Waals surface area contributed by atoms with Crippen molar-refractivity contribution in [2.75, 3.05) is 20.8 Å². The number of benzene rings is 2. The second-order valence-corrected chi connectivity index (χ2v) is 6.45. The lowest BCUT2D eigenvalue weighted by Crippen LogP contribution is -2.14. The zero-order chi connectivity index (χ0) is 18.7. The van der Waals surface area contributed by atoms with Crippen LogP contribution in [0.5, 0.6) is 11.5 Å². The summed E-state index contributed by atoms with van der Waals surface area (Å²) < 4.78 is 16.1. The Balaban J connectivity index is 2.05. The number of para-hydroxylation sites is 1. The molecule has 0 radical (unpaired) electrons. The van der Waals surface area contributed by atoms with E-state index in [-0.39, 0.29) is 12.2 Å². The second kappa shape index (κ2) is 7.73. The highest BCUT2D eigenvalue weighted by Gasteiger charge is 2.16. The van der Waals surface area contributed by atoms with Crippen LogP contribution in [0.15, 0.2) is 41.2 Å². The molecule has 2 aromatic carbocycles. The summed E-state index contributed by atoms with van der Waals surface area (Å²) in [6.07, 6.45) is 0. The first-order valence-corrected chi connectivity index (χ1v) is 8.68. The number of aromatic nitrogens is 2. The molecule has 0 saturated heterocycles. The molecule has 0 aliphatic heterocycles. The molecule has 0 saturated carbocycles. The van der Waals surface area contributed by atoms with E-state index in [4.69, 9.17) is 9.47 Å². The molecular formula is C18H15IN2O5. The average Bonchev–Trinajstić information content (AvgIpc) is 2.66. The molecule has 8 heteroatoms. The van der Waals surface area contributed by atoms with Gasteiger partial charge in [0.05, 0.1) is 28.7 Å². The van der Waals surface area contributed by atoms with Crippen LogP contribution in [-0.2, 0) is 9.53 Å². The topological polar surface area (TPSA) is 90.5 Å². The lowest BCUT2D eigenvalue weighted by Gasteiger charge is -2.13. The Hall–Kier alpha value is -2.62. The van der Waals surface area contributed by atoms with Gasteiger partial charge in [0, 0.05) is 5.56 Å². The van der Waals surface area contributed by atoms with Crippen LogP contribution in [0.25, 0.3) is 22.3 Å². The first kappa shape index (κ1) is 18.2. The molecule has 7 nitrogen and oxygen atoms in total. The SMILES string of the molecule is COC(=O)COc1c(I)cc(-c2nc3ccccc3c(=O)[nH]2)cc1OC. The molecule has 1 aromatic heterocycles. The highest BCUT2D eigenvalue weighted by atomic mass is 127. The Morgan fingerprint density at radius 2 is 2.00 bits per heavy atom. The molecule has 3 aromatic rings. The van der Waals surface area contributed by atoms with Gasteiger partial charge in [-0.05, 0) is 46.9 Å². The molecule has 26 heavy (non-hydrogen) atoms. The summed E-state index contributed by atoms with van der Waals surface area (Å²) >= 11 is 2.07. The maximum absolute atomic E-state index is 12.3. The first-order chi connectivity index (χ1) is 12.5. The summed E-state index contributed by atoms with van der Waals surface area (Å²) in [5, 5.41) is 0.524. The van der Waals surface area contributed by atoms with Crippen molar-refractivity contribution in [1.82, 2.24) is 9.97 Å². The number of halogens is 1. The third-order valence-corrected chi connectivity index (χ3v) is 4.48. The smallest absolute Gasteiger partial charge is 0.343 e. The number of fused-ring (bicyclic) bond motifs is 1. The van der Waals surface area contributed by atoms with Crippen LogP contribution in [0, 0.1) is 3.57 Å². The number of aromatic amines is 1. The van der Waals surface area contributed by atoms with Gasteiger partial charge in [-0.1, -0.05) is 12.1 Å². The molecule has 0 atom stereocenters. The minimum Gasteiger partial charge on any atom is -0.493 e. The number of hydrogen-bond donors (Lipinski definition) is 1. The van der Waals surface area contributed by atoms with Gasteiger partial charge in [-0.3, -0.25) is 4.79 Å². The first-order valence-electron chi connectivity index (χ1n) is 7.60. The number of rotatable bonds is 5. The third kappa shape index (κ3) is 3.64. The zero-order valence-corrected chi connectivity index (χ0v) is 16.2. The molecule has 0 unspecified atom stereocenters. The van der Waals surface area contributed by atoms with Crippen molar-refractivity contribution in [3.05, 3.63) is 50.3 Å². The number of carbonyl (C=O) groups is 1. The van der Waals surface area contributed by atoms with Gasteiger partial charge in [0.25, 0.3) is 5.56 Å². The molecule has 0 bridgehead atoms. The Morgan fingerprint density at radius 1 is 1.23 bits per heavy atom. The van der Waals surface area contributed by atoms with E-state index in [1.165, 1.54) is 14.2 Å². The van der Waals surface area contributed by atoms with Gasteiger partial charge in [0.2, 0.25) is 0 Å². The zero-order valence-electron chi connectivity index (χ0n) is 14.0. The third-order valence-electron chi connectivity index (χ3n) is 3.68. The molecule has 134 valence electrons. The molecule has 3 rings (SSSR count). The molecule has 0 aliphatic carbocycles. The number of nitrogens with zero attached hydrogens (tertiary/aromatic N) is 1. The van der Waals surface area contributed by atoms with Crippen LogP contribution in [0.2, 0.25) is 0 Å². The Labute approximate surface area is 162 Å². The Bertz CT molecular complexity index is 1030. The van der Waals surface area contributed by atoms with Crippen LogP contribution >= 0.6 is 22.6 Å². The minimum atomic E-state index is -0.493. The van der Waals surface area contributed by atoms with Crippen molar-refractivity contribution < 1.29 is 19.0 Å². The standard InChI is InChI=1S/C18H15IN2O5/c1-24-14-8-10(7-12(19)16(14)26-9-15(22)25-2)17-20-13-6-4-3-5-11(13)18(23)21-17/h3-8H,9H2,1-2H3,(H,20,21,23). The Morgan fingerprint density at radius 3 is 2.73 bits per heavy atom. The van der Waals surface area contributed by atoms with E-state index in [1.807, 2.05) is 6.07 Å². The monoisotopic (exact) mass is 466 g/mol. The van der Waals surface area contributed by atoms with E-state index in [2.05, 4.69) is 37.3 Å². The van der Waals surface area contributed by atoms with Crippen LogP contribution in [0.3, 0.4) is 0 Å². The largest absolute Gasteiger partial charge is 0.493 e. The van der Waals surface area contributed by atoms with Gasteiger partial charge in [0.15, 0.2) is 18.1 Å². The lowest BCUT2D eigenvalue weighted by molar-refractivity contribution is -0.142. The molecule has 0 aliphatic rings. The molecular weight excluding hydrogens is 451 g/mol. The number of methoxy groups -OCH3 is 2. The van der Waals surface area contributed by atoms with E-state index in [9.17, 15) is 9.59 Å². The number of H-pyrrole nitrogens is 1. The van der Waals surface area contributed by atoms with E-state index >= 15 is 0 Å². The van der Waals surface area contributed by atoms with Crippen LogP contribution < -0.4 is 15.0 Å². The molecule has 0 spiro atoms. The van der Waals surface area contributed by atoms with Crippen molar-refractivity contribution in [3.8, 4) is 22.9 Å². The van der Waals surface area contributed by atoms with Crippen LogP contribution in [-0.4, -0.2) is 36.8 Å².